The van der Waals surface area contributed by atoms with Crippen molar-refractivity contribution in [1.29, 1.82) is 0 Å². The summed E-state index contributed by atoms with van der Waals surface area (Å²) in [5, 5.41) is 3.96. The lowest BCUT2D eigenvalue weighted by Crippen LogP contribution is -2.33. The molecule has 1 heterocycles. The van der Waals surface area contributed by atoms with Gasteiger partial charge in [0.25, 0.3) is 0 Å². The number of hydrogen-bond donors (Lipinski definition) is 0. The van der Waals surface area contributed by atoms with Crippen molar-refractivity contribution >= 4 is 21.5 Å². The van der Waals surface area contributed by atoms with Crippen LogP contribution < -0.4 is 0 Å². The molecule has 4 aromatic carbocycles. The summed E-state index contributed by atoms with van der Waals surface area (Å²) in [6.07, 6.45) is -3.86. The number of alkyl halides is 5. The summed E-state index contributed by atoms with van der Waals surface area (Å²) < 4.78 is 65.2. The summed E-state index contributed by atoms with van der Waals surface area (Å²) >= 11 is 0. The maximum Gasteiger partial charge on any atom is 0.458 e. The topological polar surface area (TPSA) is 12.9 Å². The summed E-state index contributed by atoms with van der Waals surface area (Å²) in [4.78, 5) is 4.64. The van der Waals surface area contributed by atoms with Crippen molar-refractivity contribution in [3.63, 3.8) is 0 Å². The quantitative estimate of drug-likeness (QED) is 0.187. The van der Waals surface area contributed by atoms with Crippen LogP contribution in [-0.4, -0.2) is 11.2 Å². The summed E-state index contributed by atoms with van der Waals surface area (Å²) in [5.41, 5.74) is 4.45. The van der Waals surface area contributed by atoms with Crippen molar-refractivity contribution in [1.82, 2.24) is 4.98 Å². The SMILES string of the molecule is Cc1cc(C)cc(-c2nccc3c2ccc2cc(-c4ccc(C(F)(F)C(F)(F)F)cc4)ccc23)c1. The fourth-order valence-corrected chi connectivity index (χ4v) is 4.55. The lowest BCUT2D eigenvalue weighted by Gasteiger charge is -2.20. The third-order valence-electron chi connectivity index (χ3n) is 6.19. The van der Waals surface area contributed by atoms with Gasteiger partial charge in [-0.2, -0.15) is 22.0 Å². The Bertz CT molecular complexity index is 1550. The first-order valence-electron chi connectivity index (χ1n) is 11.0. The number of benzene rings is 4. The van der Waals surface area contributed by atoms with Gasteiger partial charge in [0.15, 0.2) is 0 Å². The summed E-state index contributed by atoms with van der Waals surface area (Å²) in [6, 6.07) is 22.2. The average molecular weight is 477 g/mol. The second kappa shape index (κ2) is 8.15. The highest BCUT2D eigenvalue weighted by Gasteiger charge is 2.58. The molecule has 0 amide bonds. The monoisotopic (exact) mass is 477 g/mol. The minimum absolute atomic E-state index is 0.555. The van der Waals surface area contributed by atoms with E-state index in [1.165, 1.54) is 12.1 Å². The van der Waals surface area contributed by atoms with E-state index in [1.807, 2.05) is 36.4 Å². The van der Waals surface area contributed by atoms with E-state index in [2.05, 4.69) is 37.0 Å². The minimum Gasteiger partial charge on any atom is -0.256 e. The van der Waals surface area contributed by atoms with E-state index >= 15 is 0 Å². The Morgan fingerprint density at radius 3 is 1.86 bits per heavy atom. The van der Waals surface area contributed by atoms with E-state index in [1.54, 1.807) is 6.20 Å². The molecule has 5 aromatic rings. The smallest absolute Gasteiger partial charge is 0.256 e. The van der Waals surface area contributed by atoms with E-state index in [-0.39, 0.29) is 0 Å². The molecule has 0 aliphatic rings. The molecule has 0 aliphatic carbocycles. The summed E-state index contributed by atoms with van der Waals surface area (Å²) in [7, 11) is 0. The van der Waals surface area contributed by atoms with E-state index in [0.29, 0.717) is 5.56 Å². The number of aromatic nitrogens is 1. The van der Waals surface area contributed by atoms with Crippen LogP contribution in [0.25, 0.3) is 43.9 Å². The van der Waals surface area contributed by atoms with E-state index in [9.17, 15) is 22.0 Å². The van der Waals surface area contributed by atoms with Crippen LogP contribution in [0.3, 0.4) is 0 Å². The Labute approximate surface area is 198 Å². The van der Waals surface area contributed by atoms with Gasteiger partial charge in [-0.1, -0.05) is 65.7 Å². The molecule has 0 saturated heterocycles. The molecule has 176 valence electrons. The van der Waals surface area contributed by atoms with Crippen molar-refractivity contribution in [2.75, 3.05) is 0 Å². The first kappa shape index (κ1) is 23.0. The van der Waals surface area contributed by atoms with E-state index in [4.69, 9.17) is 0 Å². The van der Waals surface area contributed by atoms with Gasteiger partial charge in [0, 0.05) is 22.7 Å². The van der Waals surface area contributed by atoms with Crippen LogP contribution in [0.5, 0.6) is 0 Å². The Morgan fingerprint density at radius 2 is 1.20 bits per heavy atom. The zero-order valence-electron chi connectivity index (χ0n) is 18.9. The third kappa shape index (κ3) is 4.03. The van der Waals surface area contributed by atoms with Crippen molar-refractivity contribution in [2.24, 2.45) is 0 Å². The van der Waals surface area contributed by atoms with Crippen molar-refractivity contribution in [3.05, 3.63) is 102 Å². The lowest BCUT2D eigenvalue weighted by molar-refractivity contribution is -0.289. The molecule has 0 fully saturated rings. The molecule has 0 spiro atoms. The van der Waals surface area contributed by atoms with Gasteiger partial charge in [-0.05, 0) is 65.4 Å². The van der Waals surface area contributed by atoms with E-state index < -0.39 is 17.7 Å². The van der Waals surface area contributed by atoms with Gasteiger partial charge in [0.05, 0.1) is 5.69 Å². The van der Waals surface area contributed by atoms with Crippen LogP contribution in [0.2, 0.25) is 0 Å². The zero-order valence-corrected chi connectivity index (χ0v) is 18.9. The van der Waals surface area contributed by atoms with Crippen LogP contribution in [0.15, 0.2) is 85.1 Å². The number of pyridine rings is 1. The molecule has 0 aliphatic heterocycles. The molecule has 0 unspecified atom stereocenters. The molecule has 0 bridgehead atoms. The van der Waals surface area contributed by atoms with Crippen molar-refractivity contribution in [2.45, 2.75) is 25.9 Å². The number of rotatable bonds is 3. The van der Waals surface area contributed by atoms with Crippen LogP contribution in [0.4, 0.5) is 22.0 Å². The van der Waals surface area contributed by atoms with Crippen LogP contribution in [-0.2, 0) is 5.92 Å². The molecule has 35 heavy (non-hydrogen) atoms. The molecular formula is C29H20F5N. The average Bonchev–Trinajstić information content (AvgIpc) is 2.82. The van der Waals surface area contributed by atoms with Crippen LogP contribution in [0, 0.1) is 13.8 Å². The Morgan fingerprint density at radius 1 is 0.571 bits per heavy atom. The number of fused-ring (bicyclic) bond motifs is 3. The largest absolute Gasteiger partial charge is 0.458 e. The Kier molecular flexibility index (Phi) is 5.35. The molecule has 0 radical (unpaired) electrons. The molecule has 5 rings (SSSR count). The predicted octanol–water partition coefficient (Wildman–Crippen LogP) is 8.99. The molecule has 0 atom stereocenters. The summed E-state index contributed by atoms with van der Waals surface area (Å²) in [6.45, 7) is 4.10. The Hall–Kier alpha value is -3.80. The fourth-order valence-electron chi connectivity index (χ4n) is 4.55. The second-order valence-corrected chi connectivity index (χ2v) is 8.78. The molecule has 0 saturated carbocycles. The van der Waals surface area contributed by atoms with Crippen molar-refractivity contribution < 1.29 is 22.0 Å². The minimum atomic E-state index is -5.64. The summed E-state index contributed by atoms with van der Waals surface area (Å²) in [5.74, 6) is -4.89. The molecular weight excluding hydrogens is 457 g/mol. The fraction of sp³-hybridized carbons (Fsp3) is 0.138. The van der Waals surface area contributed by atoms with Gasteiger partial charge < -0.3 is 0 Å². The lowest BCUT2D eigenvalue weighted by atomic mass is 9.94. The maximum absolute atomic E-state index is 13.6. The van der Waals surface area contributed by atoms with Gasteiger partial charge >= 0.3 is 12.1 Å². The number of halogens is 5. The molecule has 1 nitrogen and oxygen atoms in total. The van der Waals surface area contributed by atoms with Crippen LogP contribution in [0.1, 0.15) is 16.7 Å². The van der Waals surface area contributed by atoms with E-state index in [0.717, 1.165) is 61.6 Å². The standard InChI is InChI=1S/C29H20F5N/c1-17-13-18(2)15-22(14-17)27-26-10-6-21-16-20(5-9-24(21)25(26)11-12-35-27)19-3-7-23(8-4-19)28(30,31)29(32,33)34/h3-16H,1-2H3. The molecule has 0 N–H and O–H groups in total. The van der Waals surface area contributed by atoms with Crippen molar-refractivity contribution in [3.8, 4) is 22.4 Å². The van der Waals surface area contributed by atoms with Gasteiger partial charge in [-0.15, -0.1) is 0 Å². The number of aryl methyl sites for hydroxylation is 2. The first-order chi connectivity index (χ1) is 16.5. The first-order valence-corrected chi connectivity index (χ1v) is 11.0. The maximum atomic E-state index is 13.6. The second-order valence-electron chi connectivity index (χ2n) is 8.78. The molecule has 1 aromatic heterocycles. The van der Waals surface area contributed by atoms with Gasteiger partial charge in [0.1, 0.15) is 0 Å². The highest BCUT2D eigenvalue weighted by molar-refractivity contribution is 6.11. The predicted molar refractivity (Wildman–Crippen MR) is 130 cm³/mol. The van der Waals surface area contributed by atoms with Gasteiger partial charge in [-0.25, -0.2) is 0 Å². The Balaban J connectivity index is 1.57. The highest BCUT2D eigenvalue weighted by atomic mass is 19.4. The van der Waals surface area contributed by atoms with Crippen LogP contribution >= 0.6 is 0 Å². The van der Waals surface area contributed by atoms with Gasteiger partial charge in [0.2, 0.25) is 0 Å². The number of hydrogen-bond acceptors (Lipinski definition) is 1. The van der Waals surface area contributed by atoms with Gasteiger partial charge in [-0.3, -0.25) is 4.98 Å². The number of nitrogens with zero attached hydrogens (tertiary/aromatic N) is 1. The normalized spacial score (nSPS) is 12.4. The molecule has 6 heteroatoms. The third-order valence-corrected chi connectivity index (χ3v) is 6.19. The highest BCUT2D eigenvalue weighted by Crippen LogP contribution is 2.44. The zero-order chi connectivity index (χ0) is 25.0.